The summed E-state index contributed by atoms with van der Waals surface area (Å²) in [5, 5.41) is 3.98. The van der Waals surface area contributed by atoms with Crippen molar-refractivity contribution in [1.29, 1.82) is 0 Å². The van der Waals surface area contributed by atoms with Gasteiger partial charge in [-0.15, -0.1) is 0 Å². The molecule has 88 valence electrons. The molecule has 2 heterocycles. The van der Waals surface area contributed by atoms with Gasteiger partial charge >= 0.3 is 0 Å². The Kier molecular flexibility index (Phi) is 2.71. The number of primary amides is 1. The number of nitrogens with one attached hydrogen (secondary N) is 1. The van der Waals surface area contributed by atoms with E-state index in [1.807, 2.05) is 0 Å². The van der Waals surface area contributed by atoms with Gasteiger partial charge in [-0.05, 0) is 13.0 Å². The van der Waals surface area contributed by atoms with Crippen LogP contribution in [0.25, 0.3) is 5.82 Å². The molecule has 17 heavy (non-hydrogen) atoms. The standard InChI is InChI=1S/C9H11N7O/c1-5-12-7(14-11)4-8(13-5)16-3-2-6(15-16)9(10)17/h2-4H,11H2,1H3,(H2,10,17)(H,12,13,14). The van der Waals surface area contributed by atoms with Crippen LogP contribution in [0.15, 0.2) is 18.3 Å². The molecule has 1 amide bonds. The normalized spacial score (nSPS) is 10.2. The van der Waals surface area contributed by atoms with Crippen LogP contribution >= 0.6 is 0 Å². The molecule has 0 aliphatic rings. The first-order valence-electron chi connectivity index (χ1n) is 4.78. The molecule has 0 atom stereocenters. The van der Waals surface area contributed by atoms with Crippen LogP contribution in [0.4, 0.5) is 5.82 Å². The molecule has 0 saturated heterocycles. The molecule has 0 aromatic carbocycles. The van der Waals surface area contributed by atoms with Crippen molar-refractivity contribution in [2.24, 2.45) is 11.6 Å². The van der Waals surface area contributed by atoms with Gasteiger partial charge in [0.2, 0.25) is 0 Å². The number of hydrogen-bond donors (Lipinski definition) is 3. The van der Waals surface area contributed by atoms with Gasteiger partial charge in [0.25, 0.3) is 5.91 Å². The molecule has 0 unspecified atom stereocenters. The lowest BCUT2D eigenvalue weighted by molar-refractivity contribution is 0.0995. The summed E-state index contributed by atoms with van der Waals surface area (Å²) < 4.78 is 1.43. The highest BCUT2D eigenvalue weighted by molar-refractivity contribution is 5.90. The fourth-order valence-corrected chi connectivity index (χ4v) is 1.33. The van der Waals surface area contributed by atoms with E-state index in [0.29, 0.717) is 17.5 Å². The van der Waals surface area contributed by atoms with Crippen LogP contribution in [0.5, 0.6) is 0 Å². The summed E-state index contributed by atoms with van der Waals surface area (Å²) in [6.07, 6.45) is 1.59. The van der Waals surface area contributed by atoms with Gasteiger partial charge in [-0.1, -0.05) is 0 Å². The Morgan fingerprint density at radius 2 is 2.24 bits per heavy atom. The maximum absolute atomic E-state index is 10.9. The van der Waals surface area contributed by atoms with Crippen LogP contribution in [0.2, 0.25) is 0 Å². The lowest BCUT2D eigenvalue weighted by Crippen LogP contribution is -2.13. The number of rotatable bonds is 3. The maximum Gasteiger partial charge on any atom is 0.269 e. The van der Waals surface area contributed by atoms with E-state index in [2.05, 4.69) is 20.5 Å². The Morgan fingerprint density at radius 3 is 2.82 bits per heavy atom. The fourth-order valence-electron chi connectivity index (χ4n) is 1.33. The van der Waals surface area contributed by atoms with Gasteiger partial charge in [0.15, 0.2) is 5.82 Å². The summed E-state index contributed by atoms with van der Waals surface area (Å²) in [5.74, 6) is 6.18. The van der Waals surface area contributed by atoms with Gasteiger partial charge in [0.1, 0.15) is 17.3 Å². The zero-order valence-corrected chi connectivity index (χ0v) is 9.08. The van der Waals surface area contributed by atoms with E-state index in [1.165, 1.54) is 10.7 Å². The molecule has 0 aliphatic heterocycles. The van der Waals surface area contributed by atoms with Crippen molar-refractivity contribution < 1.29 is 4.79 Å². The van der Waals surface area contributed by atoms with E-state index in [0.717, 1.165) is 0 Å². The van der Waals surface area contributed by atoms with Gasteiger partial charge < -0.3 is 11.2 Å². The average Bonchev–Trinajstić information content (AvgIpc) is 2.77. The predicted molar refractivity (Wildman–Crippen MR) is 60.2 cm³/mol. The molecule has 0 saturated carbocycles. The first-order chi connectivity index (χ1) is 8.10. The highest BCUT2D eigenvalue weighted by Crippen LogP contribution is 2.09. The predicted octanol–water partition coefficient (Wildman–Crippen LogP) is -0.645. The molecule has 2 rings (SSSR count). The van der Waals surface area contributed by atoms with Gasteiger partial charge in [0, 0.05) is 12.3 Å². The molecule has 0 aliphatic carbocycles. The number of carbonyl (C=O) groups excluding carboxylic acids is 1. The number of amides is 1. The molecular weight excluding hydrogens is 222 g/mol. The molecule has 0 bridgehead atoms. The minimum atomic E-state index is -0.591. The van der Waals surface area contributed by atoms with Crippen molar-refractivity contribution in [3.05, 3.63) is 29.8 Å². The molecule has 0 radical (unpaired) electrons. The molecule has 2 aromatic rings. The Bertz CT molecular complexity index is 562. The van der Waals surface area contributed by atoms with Gasteiger partial charge in [-0.25, -0.2) is 20.5 Å². The summed E-state index contributed by atoms with van der Waals surface area (Å²) in [5.41, 5.74) is 7.70. The number of nitrogen functional groups attached to an aromatic ring is 1. The number of hydrazine groups is 1. The van der Waals surface area contributed by atoms with E-state index >= 15 is 0 Å². The summed E-state index contributed by atoms with van der Waals surface area (Å²) in [4.78, 5) is 19.1. The third kappa shape index (κ3) is 2.21. The quantitative estimate of drug-likeness (QED) is 0.478. The monoisotopic (exact) mass is 233 g/mol. The molecule has 0 fully saturated rings. The Hall–Kier alpha value is -2.48. The topological polar surface area (TPSA) is 125 Å². The minimum Gasteiger partial charge on any atom is -0.364 e. The Labute approximate surface area is 96.6 Å². The van der Waals surface area contributed by atoms with Crippen LogP contribution in [-0.2, 0) is 0 Å². The number of anilines is 1. The van der Waals surface area contributed by atoms with Crippen molar-refractivity contribution in [3.63, 3.8) is 0 Å². The van der Waals surface area contributed by atoms with Gasteiger partial charge in [-0.3, -0.25) is 4.79 Å². The lowest BCUT2D eigenvalue weighted by Gasteiger charge is -2.04. The number of hydrogen-bond acceptors (Lipinski definition) is 6. The number of nitrogens with zero attached hydrogens (tertiary/aromatic N) is 4. The minimum absolute atomic E-state index is 0.170. The lowest BCUT2D eigenvalue weighted by atomic mass is 10.4. The van der Waals surface area contributed by atoms with Crippen molar-refractivity contribution in [1.82, 2.24) is 19.7 Å². The van der Waals surface area contributed by atoms with Crippen LogP contribution in [0, 0.1) is 6.92 Å². The van der Waals surface area contributed by atoms with E-state index in [1.54, 1.807) is 19.2 Å². The van der Waals surface area contributed by atoms with Crippen LogP contribution < -0.4 is 17.0 Å². The summed E-state index contributed by atoms with van der Waals surface area (Å²) in [6, 6.07) is 3.11. The highest BCUT2D eigenvalue weighted by atomic mass is 16.1. The smallest absolute Gasteiger partial charge is 0.269 e. The zero-order chi connectivity index (χ0) is 12.4. The first kappa shape index (κ1) is 11.0. The van der Waals surface area contributed by atoms with E-state index in [9.17, 15) is 4.79 Å². The van der Waals surface area contributed by atoms with Crippen molar-refractivity contribution in [2.75, 3.05) is 5.43 Å². The maximum atomic E-state index is 10.9. The van der Waals surface area contributed by atoms with Gasteiger partial charge in [-0.2, -0.15) is 5.10 Å². The second kappa shape index (κ2) is 4.18. The Morgan fingerprint density at radius 1 is 1.47 bits per heavy atom. The third-order valence-electron chi connectivity index (χ3n) is 2.05. The second-order valence-corrected chi connectivity index (χ2v) is 3.31. The first-order valence-corrected chi connectivity index (χ1v) is 4.78. The van der Waals surface area contributed by atoms with Gasteiger partial charge in [0.05, 0.1) is 0 Å². The largest absolute Gasteiger partial charge is 0.364 e. The highest BCUT2D eigenvalue weighted by Gasteiger charge is 2.08. The summed E-state index contributed by atoms with van der Waals surface area (Å²) in [6.45, 7) is 1.73. The average molecular weight is 233 g/mol. The third-order valence-corrected chi connectivity index (χ3v) is 2.05. The fraction of sp³-hybridized carbons (Fsp3) is 0.111. The number of aromatic nitrogens is 4. The second-order valence-electron chi connectivity index (χ2n) is 3.31. The Balaban J connectivity index is 2.44. The molecule has 2 aromatic heterocycles. The molecule has 8 nitrogen and oxygen atoms in total. The summed E-state index contributed by atoms with van der Waals surface area (Å²) >= 11 is 0. The molecule has 5 N–H and O–H groups in total. The number of nitrogens with two attached hydrogens (primary N) is 2. The van der Waals surface area contributed by atoms with Crippen molar-refractivity contribution >= 4 is 11.7 Å². The zero-order valence-electron chi connectivity index (χ0n) is 9.08. The van der Waals surface area contributed by atoms with Crippen LogP contribution in [0.1, 0.15) is 16.3 Å². The van der Waals surface area contributed by atoms with E-state index in [4.69, 9.17) is 11.6 Å². The molecular formula is C9H11N7O. The van der Waals surface area contributed by atoms with Crippen LogP contribution in [-0.4, -0.2) is 25.7 Å². The SMILES string of the molecule is Cc1nc(NN)cc(-n2ccc(C(N)=O)n2)n1. The van der Waals surface area contributed by atoms with Crippen LogP contribution in [0.3, 0.4) is 0 Å². The van der Waals surface area contributed by atoms with Crippen molar-refractivity contribution in [2.45, 2.75) is 6.92 Å². The molecule has 0 spiro atoms. The summed E-state index contributed by atoms with van der Waals surface area (Å²) in [7, 11) is 0. The molecule has 8 heteroatoms. The number of carbonyl (C=O) groups is 1. The number of aryl methyl sites for hydroxylation is 1. The van der Waals surface area contributed by atoms with E-state index in [-0.39, 0.29) is 5.69 Å². The van der Waals surface area contributed by atoms with Crippen molar-refractivity contribution in [3.8, 4) is 5.82 Å². The van der Waals surface area contributed by atoms with E-state index < -0.39 is 5.91 Å².